The summed E-state index contributed by atoms with van der Waals surface area (Å²) >= 11 is 0. The van der Waals surface area contributed by atoms with Crippen molar-refractivity contribution in [3.8, 4) is 0 Å². The van der Waals surface area contributed by atoms with Crippen molar-refractivity contribution in [3.05, 3.63) is 11.6 Å². The Balaban J connectivity index is 1.38. The minimum atomic E-state index is 0.0681. The number of rotatable bonds is 11. The molecule has 8 heteroatoms. The molecule has 42 heavy (non-hydrogen) atoms. The summed E-state index contributed by atoms with van der Waals surface area (Å²) in [5.41, 5.74) is 0.525. The number of anilines is 1. The van der Waals surface area contributed by atoms with E-state index >= 15 is 0 Å². The fraction of sp³-hybridized carbons (Fsp3) is 0.912. The van der Waals surface area contributed by atoms with Crippen LogP contribution in [0.3, 0.4) is 0 Å². The van der Waals surface area contributed by atoms with Gasteiger partial charge in [0.05, 0.1) is 0 Å². The van der Waals surface area contributed by atoms with Crippen molar-refractivity contribution in [2.45, 2.75) is 167 Å². The maximum Gasteiger partial charge on any atom is 0.229 e. The molecule has 0 saturated carbocycles. The van der Waals surface area contributed by atoms with Crippen LogP contribution in [0.4, 0.5) is 5.95 Å². The van der Waals surface area contributed by atoms with Crippen LogP contribution in [0, 0.1) is 6.92 Å². The van der Waals surface area contributed by atoms with E-state index in [1.54, 1.807) is 0 Å². The van der Waals surface area contributed by atoms with Crippen molar-refractivity contribution in [2.75, 3.05) is 38.3 Å². The van der Waals surface area contributed by atoms with E-state index in [9.17, 15) is 0 Å². The summed E-state index contributed by atoms with van der Waals surface area (Å²) in [5, 5.41) is 7.70. The monoisotopic (exact) mass is 586 g/mol. The number of piperidine rings is 2. The first-order valence-electron chi connectivity index (χ1n) is 16.9. The Bertz CT molecular complexity index is 985. The third-order valence-corrected chi connectivity index (χ3v) is 9.66. The van der Waals surface area contributed by atoms with Crippen molar-refractivity contribution in [1.82, 2.24) is 30.5 Å². The lowest BCUT2D eigenvalue weighted by atomic mass is 9.79. The minimum Gasteiger partial charge on any atom is -0.381 e. The Morgan fingerprint density at radius 3 is 1.74 bits per heavy atom. The highest BCUT2D eigenvalue weighted by atomic mass is 16.5. The highest BCUT2D eigenvalue weighted by molar-refractivity contribution is 5.34. The summed E-state index contributed by atoms with van der Waals surface area (Å²) in [5.74, 6) is 3.06. The standard InChI is InChI=1S/C34H63N7O/c1-25-35-29(26-15-19-42-20-16-26)37-30(36-25)41(28-23-33(6,7)39-34(8,9)24-28)18-14-12-11-13-17-40(10)27-21-31(2,3)38-32(4,5)22-27/h26-28,38-39H,11-24H2,1-10H3. The van der Waals surface area contributed by atoms with Crippen molar-refractivity contribution in [1.29, 1.82) is 0 Å². The fourth-order valence-electron chi connectivity index (χ4n) is 8.45. The number of nitrogens with one attached hydrogen (secondary N) is 2. The fourth-order valence-corrected chi connectivity index (χ4v) is 8.45. The molecular formula is C34H63N7O. The average Bonchev–Trinajstić information content (AvgIpc) is 2.84. The smallest absolute Gasteiger partial charge is 0.229 e. The Hall–Kier alpha value is -1.35. The van der Waals surface area contributed by atoms with Crippen LogP contribution >= 0.6 is 0 Å². The van der Waals surface area contributed by atoms with Gasteiger partial charge in [-0.1, -0.05) is 12.8 Å². The Kier molecular flexibility index (Phi) is 10.6. The van der Waals surface area contributed by atoms with Gasteiger partial charge in [-0.25, -0.2) is 4.98 Å². The molecular weight excluding hydrogens is 522 g/mol. The van der Waals surface area contributed by atoms with E-state index in [1.165, 1.54) is 45.1 Å². The molecule has 0 amide bonds. The van der Waals surface area contributed by atoms with Crippen molar-refractivity contribution >= 4 is 5.95 Å². The number of ether oxygens (including phenoxy) is 1. The van der Waals surface area contributed by atoms with Crippen LogP contribution in [0.5, 0.6) is 0 Å². The van der Waals surface area contributed by atoms with Crippen LogP contribution in [0.15, 0.2) is 0 Å². The quantitative estimate of drug-likeness (QED) is 0.307. The summed E-state index contributed by atoms with van der Waals surface area (Å²) in [6.45, 7) is 24.6. The molecule has 0 aliphatic carbocycles. The van der Waals surface area contributed by atoms with Crippen molar-refractivity contribution in [2.24, 2.45) is 0 Å². The molecule has 0 atom stereocenters. The van der Waals surface area contributed by atoms with Gasteiger partial charge in [0.1, 0.15) is 11.6 Å². The molecule has 0 bridgehead atoms. The van der Waals surface area contributed by atoms with E-state index in [1.807, 2.05) is 6.92 Å². The van der Waals surface area contributed by atoms with Crippen LogP contribution in [0.1, 0.15) is 137 Å². The van der Waals surface area contributed by atoms with E-state index in [0.717, 1.165) is 63.0 Å². The maximum atomic E-state index is 5.63. The molecule has 3 aliphatic rings. The Morgan fingerprint density at radius 1 is 0.690 bits per heavy atom. The Labute approximate surface area is 257 Å². The lowest BCUT2D eigenvalue weighted by Gasteiger charge is -2.49. The largest absolute Gasteiger partial charge is 0.381 e. The van der Waals surface area contributed by atoms with Gasteiger partial charge in [-0.15, -0.1) is 0 Å². The third kappa shape index (κ3) is 9.57. The number of unbranched alkanes of at least 4 members (excludes halogenated alkanes) is 3. The van der Waals surface area contributed by atoms with E-state index in [4.69, 9.17) is 19.7 Å². The average molecular weight is 586 g/mol. The Morgan fingerprint density at radius 2 is 1.19 bits per heavy atom. The molecule has 2 N–H and O–H groups in total. The number of aryl methyl sites for hydroxylation is 1. The molecule has 240 valence electrons. The van der Waals surface area contributed by atoms with Crippen LogP contribution < -0.4 is 15.5 Å². The summed E-state index contributed by atoms with van der Waals surface area (Å²) in [4.78, 5) is 20.1. The lowest BCUT2D eigenvalue weighted by Crippen LogP contribution is -2.62. The summed E-state index contributed by atoms with van der Waals surface area (Å²) in [7, 11) is 2.34. The predicted octanol–water partition coefficient (Wildman–Crippen LogP) is 5.99. The zero-order valence-corrected chi connectivity index (χ0v) is 28.8. The van der Waals surface area contributed by atoms with E-state index in [0.29, 0.717) is 18.0 Å². The highest BCUT2D eigenvalue weighted by Crippen LogP contribution is 2.35. The van der Waals surface area contributed by atoms with Gasteiger partial charge in [-0.2, -0.15) is 9.97 Å². The molecule has 1 aromatic rings. The number of aromatic nitrogens is 3. The van der Waals surface area contributed by atoms with Crippen LogP contribution in [-0.4, -0.2) is 87.4 Å². The van der Waals surface area contributed by atoms with Crippen molar-refractivity contribution < 1.29 is 4.74 Å². The zero-order valence-electron chi connectivity index (χ0n) is 28.8. The van der Waals surface area contributed by atoms with E-state index < -0.39 is 0 Å². The van der Waals surface area contributed by atoms with Gasteiger partial charge in [0.15, 0.2) is 0 Å². The molecule has 0 spiro atoms. The molecule has 8 nitrogen and oxygen atoms in total. The second kappa shape index (κ2) is 13.3. The molecule has 3 fully saturated rings. The number of hydrogen-bond acceptors (Lipinski definition) is 8. The summed E-state index contributed by atoms with van der Waals surface area (Å²) < 4.78 is 5.63. The van der Waals surface area contributed by atoms with Crippen LogP contribution in [0.25, 0.3) is 0 Å². The van der Waals surface area contributed by atoms with Gasteiger partial charge < -0.3 is 25.2 Å². The second-order valence-electron chi connectivity index (χ2n) is 16.4. The van der Waals surface area contributed by atoms with Gasteiger partial charge in [0, 0.05) is 59.9 Å². The third-order valence-electron chi connectivity index (χ3n) is 9.66. The second-order valence-corrected chi connectivity index (χ2v) is 16.4. The van der Waals surface area contributed by atoms with Crippen LogP contribution in [0.2, 0.25) is 0 Å². The van der Waals surface area contributed by atoms with Gasteiger partial charge in [-0.05, 0) is 127 Å². The summed E-state index contributed by atoms with van der Waals surface area (Å²) in [6.07, 6.45) is 11.5. The normalized spacial score (nSPS) is 24.6. The SMILES string of the molecule is Cc1nc(C2CCOCC2)nc(N(CCCCCCN(C)C2CC(C)(C)NC(C)(C)C2)C2CC(C)(C)NC(C)(C)C2)n1. The predicted molar refractivity (Wildman–Crippen MR) is 174 cm³/mol. The molecule has 4 heterocycles. The molecule has 0 radical (unpaired) electrons. The van der Waals surface area contributed by atoms with Gasteiger partial charge >= 0.3 is 0 Å². The number of nitrogens with zero attached hydrogens (tertiary/aromatic N) is 5. The van der Waals surface area contributed by atoms with E-state index in [-0.39, 0.29) is 22.2 Å². The summed E-state index contributed by atoms with van der Waals surface area (Å²) in [6, 6.07) is 1.05. The minimum absolute atomic E-state index is 0.0681. The zero-order chi connectivity index (χ0) is 30.8. The molecule has 0 unspecified atom stereocenters. The first-order valence-corrected chi connectivity index (χ1v) is 16.9. The first kappa shape index (κ1) is 33.5. The molecule has 1 aromatic heterocycles. The first-order chi connectivity index (χ1) is 19.5. The molecule has 3 saturated heterocycles. The van der Waals surface area contributed by atoms with Crippen molar-refractivity contribution in [3.63, 3.8) is 0 Å². The molecule has 4 rings (SSSR count). The molecule has 3 aliphatic heterocycles. The van der Waals surface area contributed by atoms with Gasteiger partial charge in [0.2, 0.25) is 5.95 Å². The lowest BCUT2D eigenvalue weighted by molar-refractivity contribution is 0.0805. The topological polar surface area (TPSA) is 78.4 Å². The van der Waals surface area contributed by atoms with Crippen LogP contribution in [-0.2, 0) is 4.74 Å². The van der Waals surface area contributed by atoms with E-state index in [2.05, 4.69) is 82.9 Å². The van der Waals surface area contributed by atoms with Gasteiger partial charge in [-0.3, -0.25) is 0 Å². The maximum absolute atomic E-state index is 5.63. The number of hydrogen-bond donors (Lipinski definition) is 2. The highest BCUT2D eigenvalue weighted by Gasteiger charge is 2.41. The molecule has 0 aromatic carbocycles. The van der Waals surface area contributed by atoms with Gasteiger partial charge in [0.25, 0.3) is 0 Å².